The van der Waals surface area contributed by atoms with Crippen molar-refractivity contribution in [3.63, 3.8) is 0 Å². The normalized spacial score (nSPS) is 12.6. The van der Waals surface area contributed by atoms with E-state index in [-0.39, 0.29) is 5.82 Å². The lowest BCUT2D eigenvalue weighted by atomic mass is 10.1. The minimum Gasteiger partial charge on any atom is -0.490 e. The van der Waals surface area contributed by atoms with E-state index >= 15 is 0 Å². The van der Waals surface area contributed by atoms with Crippen LogP contribution in [0.15, 0.2) is 42.5 Å². The molecule has 0 unspecified atom stereocenters. The van der Waals surface area contributed by atoms with Gasteiger partial charge in [0, 0.05) is 5.56 Å². The zero-order valence-electron chi connectivity index (χ0n) is 16.0. The molecule has 0 fully saturated rings. The minimum atomic E-state index is -4.39. The first kappa shape index (κ1) is 20.7. The molecule has 0 saturated heterocycles. The Morgan fingerprint density at radius 3 is 2.28 bits per heavy atom. The highest BCUT2D eigenvalue weighted by Gasteiger charge is 2.30. The number of ether oxygens (including phenoxy) is 2. The Balaban J connectivity index is 1.83. The van der Waals surface area contributed by atoms with E-state index in [1.165, 1.54) is 12.1 Å². The summed E-state index contributed by atoms with van der Waals surface area (Å²) in [7, 11) is 0. The second-order valence-electron chi connectivity index (χ2n) is 6.17. The van der Waals surface area contributed by atoms with Crippen LogP contribution in [0.3, 0.4) is 0 Å². The molecular formula is C20H21F3N4O2. The highest BCUT2D eigenvalue weighted by atomic mass is 19.4. The van der Waals surface area contributed by atoms with E-state index in [1.54, 1.807) is 18.2 Å². The molecule has 29 heavy (non-hydrogen) atoms. The highest BCUT2D eigenvalue weighted by molar-refractivity contribution is 5.55. The van der Waals surface area contributed by atoms with Gasteiger partial charge in [-0.05, 0) is 43.7 Å². The first-order valence-electron chi connectivity index (χ1n) is 9.08. The average Bonchev–Trinajstić information content (AvgIpc) is 3.19. The van der Waals surface area contributed by atoms with E-state index in [0.717, 1.165) is 17.7 Å². The summed E-state index contributed by atoms with van der Waals surface area (Å²) in [6.07, 6.45) is -4.39. The summed E-state index contributed by atoms with van der Waals surface area (Å²) in [5.41, 5.74) is 6.75. The van der Waals surface area contributed by atoms with E-state index in [9.17, 15) is 13.2 Å². The summed E-state index contributed by atoms with van der Waals surface area (Å²) < 4.78 is 49.3. The third kappa shape index (κ3) is 4.68. The summed E-state index contributed by atoms with van der Waals surface area (Å²) in [6.45, 7) is 4.73. The lowest BCUT2D eigenvalue weighted by molar-refractivity contribution is -0.137. The number of aromatic nitrogens is 3. The van der Waals surface area contributed by atoms with Crippen LogP contribution in [0.5, 0.6) is 11.5 Å². The molecule has 0 bridgehead atoms. The average molecular weight is 406 g/mol. The van der Waals surface area contributed by atoms with Gasteiger partial charge in [0.2, 0.25) is 0 Å². The largest absolute Gasteiger partial charge is 0.490 e. The third-order valence-electron chi connectivity index (χ3n) is 4.19. The van der Waals surface area contributed by atoms with Crippen LogP contribution >= 0.6 is 0 Å². The van der Waals surface area contributed by atoms with Crippen molar-refractivity contribution in [1.82, 2.24) is 15.2 Å². The standard InChI is InChI=1S/C20H21F3N4O2/c1-3-28-15-10-7-13(11-16(15)29-4-2)17(24)19-25-18(26-27-19)12-5-8-14(9-6-12)20(21,22)23/h5-11,17H,3-4,24H2,1-2H3,(H,25,26,27)/t17-/m1/s1. The highest BCUT2D eigenvalue weighted by Crippen LogP contribution is 2.32. The Bertz CT molecular complexity index is 955. The van der Waals surface area contributed by atoms with Crippen molar-refractivity contribution in [2.75, 3.05) is 13.2 Å². The number of benzene rings is 2. The molecule has 3 rings (SSSR count). The van der Waals surface area contributed by atoms with Gasteiger partial charge in [-0.25, -0.2) is 4.98 Å². The number of H-pyrrole nitrogens is 1. The minimum absolute atomic E-state index is 0.264. The lowest BCUT2D eigenvalue weighted by Crippen LogP contribution is -2.14. The number of hydrogen-bond donors (Lipinski definition) is 2. The molecule has 0 aliphatic rings. The lowest BCUT2D eigenvalue weighted by Gasteiger charge is -2.14. The van der Waals surface area contributed by atoms with E-state index < -0.39 is 17.8 Å². The van der Waals surface area contributed by atoms with Gasteiger partial charge in [0.1, 0.15) is 5.82 Å². The molecule has 154 valence electrons. The van der Waals surface area contributed by atoms with Crippen molar-refractivity contribution < 1.29 is 22.6 Å². The number of halogens is 3. The topological polar surface area (TPSA) is 86.0 Å². The molecule has 6 nitrogen and oxygen atoms in total. The van der Waals surface area contributed by atoms with Gasteiger partial charge >= 0.3 is 6.18 Å². The monoisotopic (exact) mass is 406 g/mol. The molecule has 1 heterocycles. The molecule has 3 N–H and O–H groups in total. The van der Waals surface area contributed by atoms with E-state index in [4.69, 9.17) is 15.2 Å². The molecule has 2 aromatic carbocycles. The van der Waals surface area contributed by atoms with Crippen molar-refractivity contribution in [3.05, 3.63) is 59.4 Å². The molecule has 0 saturated carbocycles. The Morgan fingerprint density at radius 2 is 1.66 bits per heavy atom. The van der Waals surface area contributed by atoms with Crippen LogP contribution in [0.4, 0.5) is 13.2 Å². The van der Waals surface area contributed by atoms with Crippen LogP contribution in [0.25, 0.3) is 11.4 Å². The maximum Gasteiger partial charge on any atom is 0.416 e. The molecule has 3 aromatic rings. The van der Waals surface area contributed by atoms with Gasteiger partial charge in [-0.15, -0.1) is 0 Å². The van der Waals surface area contributed by atoms with E-state index in [2.05, 4.69) is 15.2 Å². The number of hydrogen-bond acceptors (Lipinski definition) is 5. The van der Waals surface area contributed by atoms with Crippen LogP contribution in [-0.2, 0) is 6.18 Å². The fourth-order valence-corrected chi connectivity index (χ4v) is 2.77. The molecule has 9 heteroatoms. The van der Waals surface area contributed by atoms with Gasteiger partial charge in [-0.1, -0.05) is 18.2 Å². The van der Waals surface area contributed by atoms with Gasteiger partial charge in [0.05, 0.1) is 24.8 Å². The molecule has 0 aliphatic heterocycles. The zero-order chi connectivity index (χ0) is 21.0. The summed E-state index contributed by atoms with van der Waals surface area (Å²) in [6, 6.07) is 9.37. The van der Waals surface area contributed by atoms with Crippen LogP contribution in [0.1, 0.15) is 36.8 Å². The first-order chi connectivity index (χ1) is 13.8. The van der Waals surface area contributed by atoms with Crippen molar-refractivity contribution >= 4 is 0 Å². The molecular weight excluding hydrogens is 385 g/mol. The molecule has 1 atom stereocenters. The molecule has 0 amide bonds. The summed E-state index contributed by atoms with van der Waals surface area (Å²) >= 11 is 0. The van der Waals surface area contributed by atoms with Crippen molar-refractivity contribution in [3.8, 4) is 22.9 Å². The van der Waals surface area contributed by atoms with Crippen LogP contribution in [0, 0.1) is 0 Å². The third-order valence-corrected chi connectivity index (χ3v) is 4.19. The second-order valence-corrected chi connectivity index (χ2v) is 6.17. The van der Waals surface area contributed by atoms with Crippen molar-refractivity contribution in [1.29, 1.82) is 0 Å². The zero-order valence-corrected chi connectivity index (χ0v) is 16.0. The van der Waals surface area contributed by atoms with Crippen LogP contribution in [-0.4, -0.2) is 28.4 Å². The summed E-state index contributed by atoms with van der Waals surface area (Å²) in [5, 5.41) is 6.84. The Labute approximate surface area is 165 Å². The first-order valence-corrected chi connectivity index (χ1v) is 9.08. The SMILES string of the molecule is CCOc1ccc([C@@H](N)c2nc(-c3ccc(C(F)(F)F)cc3)n[nH]2)cc1OCC. The van der Waals surface area contributed by atoms with Crippen LogP contribution < -0.4 is 15.2 Å². The van der Waals surface area contributed by atoms with Gasteiger partial charge in [0.15, 0.2) is 17.3 Å². The van der Waals surface area contributed by atoms with Gasteiger partial charge < -0.3 is 15.2 Å². The Kier molecular flexibility index (Phi) is 6.07. The smallest absolute Gasteiger partial charge is 0.416 e. The fraction of sp³-hybridized carbons (Fsp3) is 0.300. The summed E-state index contributed by atoms with van der Waals surface area (Å²) in [5.74, 6) is 1.84. The predicted molar refractivity (Wildman–Crippen MR) is 102 cm³/mol. The quantitative estimate of drug-likeness (QED) is 0.610. The van der Waals surface area contributed by atoms with Gasteiger partial charge in [-0.3, -0.25) is 5.10 Å². The summed E-state index contributed by atoms with van der Waals surface area (Å²) in [4.78, 5) is 4.34. The number of nitrogens with zero attached hydrogens (tertiary/aromatic N) is 2. The number of alkyl halides is 3. The number of nitrogens with two attached hydrogens (primary N) is 1. The Morgan fingerprint density at radius 1 is 1.00 bits per heavy atom. The number of aromatic amines is 1. The number of nitrogens with one attached hydrogen (secondary N) is 1. The van der Waals surface area contributed by atoms with E-state index in [0.29, 0.717) is 36.1 Å². The van der Waals surface area contributed by atoms with Gasteiger partial charge in [-0.2, -0.15) is 18.3 Å². The van der Waals surface area contributed by atoms with Crippen molar-refractivity contribution in [2.24, 2.45) is 5.73 Å². The maximum atomic E-state index is 12.7. The molecule has 1 aromatic heterocycles. The van der Waals surface area contributed by atoms with E-state index in [1.807, 2.05) is 13.8 Å². The molecule has 0 radical (unpaired) electrons. The predicted octanol–water partition coefficient (Wildman–Crippen LogP) is 4.34. The second kappa shape index (κ2) is 8.52. The van der Waals surface area contributed by atoms with Crippen molar-refractivity contribution in [2.45, 2.75) is 26.1 Å². The Hall–Kier alpha value is -3.07. The van der Waals surface area contributed by atoms with Gasteiger partial charge in [0.25, 0.3) is 0 Å². The maximum absolute atomic E-state index is 12.7. The fourth-order valence-electron chi connectivity index (χ4n) is 2.77. The molecule has 0 spiro atoms. The van der Waals surface area contributed by atoms with Crippen LogP contribution in [0.2, 0.25) is 0 Å². The number of rotatable bonds is 7. The molecule has 0 aliphatic carbocycles.